The molecule has 0 unspecified atom stereocenters. The molecule has 0 bridgehead atoms. The summed E-state index contributed by atoms with van der Waals surface area (Å²) in [5.41, 5.74) is 0.928. The Morgan fingerprint density at radius 2 is 1.81 bits per heavy atom. The number of hydrogen-bond acceptors (Lipinski definition) is 5. The zero-order valence-electron chi connectivity index (χ0n) is 15.1. The van der Waals surface area contributed by atoms with Gasteiger partial charge < -0.3 is 9.64 Å². The summed E-state index contributed by atoms with van der Waals surface area (Å²) in [6, 6.07) is 10.9. The number of ether oxygens (including phenoxy) is 1. The fourth-order valence-corrected chi connectivity index (χ4v) is 6.61. The Morgan fingerprint density at radius 1 is 1.11 bits per heavy atom. The summed E-state index contributed by atoms with van der Waals surface area (Å²) in [7, 11) is -3.57. The Morgan fingerprint density at radius 3 is 2.44 bits per heavy atom. The molecule has 8 heteroatoms. The molecule has 1 aromatic heterocycles. The molecule has 2 fully saturated rings. The molecule has 144 valence electrons. The van der Waals surface area contributed by atoms with E-state index in [4.69, 9.17) is 4.74 Å². The minimum absolute atomic E-state index is 0.0180. The molecule has 27 heavy (non-hydrogen) atoms. The molecule has 6 nitrogen and oxygen atoms in total. The van der Waals surface area contributed by atoms with Crippen LogP contribution in [0.1, 0.15) is 28.8 Å². The van der Waals surface area contributed by atoms with E-state index in [1.165, 1.54) is 15.6 Å². The second kappa shape index (κ2) is 7.01. The van der Waals surface area contributed by atoms with Gasteiger partial charge >= 0.3 is 0 Å². The first-order valence-corrected chi connectivity index (χ1v) is 11.3. The molecule has 1 amide bonds. The molecule has 2 aliphatic heterocycles. The van der Waals surface area contributed by atoms with Gasteiger partial charge in [0, 0.05) is 38.0 Å². The van der Waals surface area contributed by atoms with Gasteiger partial charge in [-0.05, 0) is 30.5 Å². The normalized spacial score (nSPS) is 20.3. The monoisotopic (exact) mass is 406 g/mol. The van der Waals surface area contributed by atoms with Gasteiger partial charge in [0.25, 0.3) is 15.9 Å². The number of likely N-dealkylation sites (tertiary alicyclic amines) is 1. The molecule has 2 saturated heterocycles. The molecule has 0 saturated carbocycles. The number of piperidine rings is 1. The van der Waals surface area contributed by atoms with Gasteiger partial charge in [0.2, 0.25) is 0 Å². The molecule has 0 aliphatic carbocycles. The van der Waals surface area contributed by atoms with E-state index in [1.54, 1.807) is 22.4 Å². The molecule has 0 N–H and O–H groups in total. The van der Waals surface area contributed by atoms with Crippen LogP contribution in [0.25, 0.3) is 0 Å². The summed E-state index contributed by atoms with van der Waals surface area (Å²) in [6.45, 7) is 3.67. The number of sulfonamides is 1. The van der Waals surface area contributed by atoms with Crippen molar-refractivity contribution in [3.63, 3.8) is 0 Å². The highest BCUT2D eigenvalue weighted by Gasteiger charge is 2.51. The van der Waals surface area contributed by atoms with Crippen molar-refractivity contribution in [3.8, 4) is 0 Å². The summed E-state index contributed by atoms with van der Waals surface area (Å²) in [6.07, 6.45) is 0.963. The lowest BCUT2D eigenvalue weighted by Gasteiger charge is -2.42. The molecule has 3 heterocycles. The largest absolute Gasteiger partial charge is 0.358 e. The quantitative estimate of drug-likeness (QED) is 0.786. The molecular weight excluding hydrogens is 384 g/mol. The van der Waals surface area contributed by atoms with E-state index in [2.05, 4.69) is 0 Å². The first-order chi connectivity index (χ1) is 12.9. The van der Waals surface area contributed by atoms with Crippen molar-refractivity contribution in [2.75, 3.05) is 26.2 Å². The maximum atomic E-state index is 13.0. The summed E-state index contributed by atoms with van der Waals surface area (Å²) in [5, 5.41) is 1.76. The van der Waals surface area contributed by atoms with Gasteiger partial charge in [0.15, 0.2) is 0 Å². The number of carbonyl (C=O) groups excluding carboxylic acids is 1. The van der Waals surface area contributed by atoms with E-state index in [-0.39, 0.29) is 5.91 Å². The van der Waals surface area contributed by atoms with Crippen LogP contribution in [0.3, 0.4) is 0 Å². The molecule has 4 rings (SSSR count). The molecule has 1 spiro atoms. The second-order valence-corrected chi connectivity index (χ2v) is 10.00. The Hall–Kier alpha value is -1.74. The van der Waals surface area contributed by atoms with Crippen LogP contribution in [0.5, 0.6) is 0 Å². The van der Waals surface area contributed by atoms with Crippen molar-refractivity contribution in [1.82, 2.24) is 9.21 Å². The van der Waals surface area contributed by atoms with Gasteiger partial charge in [-0.1, -0.05) is 23.8 Å². The fraction of sp³-hybridized carbons (Fsp3) is 0.421. The van der Waals surface area contributed by atoms with Crippen LogP contribution in [0.4, 0.5) is 0 Å². The highest BCUT2D eigenvalue weighted by molar-refractivity contribution is 7.91. The number of hydrogen-bond donors (Lipinski definition) is 0. The number of benzene rings is 1. The summed E-state index contributed by atoms with van der Waals surface area (Å²) < 4.78 is 33.8. The molecule has 0 atom stereocenters. The zero-order valence-corrected chi connectivity index (χ0v) is 16.8. The van der Waals surface area contributed by atoms with Crippen molar-refractivity contribution in [2.24, 2.45) is 0 Å². The Bertz CT molecular complexity index is 915. The average Bonchev–Trinajstić information content (AvgIpc) is 3.34. The minimum Gasteiger partial charge on any atom is -0.358 e. The van der Waals surface area contributed by atoms with E-state index in [0.717, 1.165) is 5.56 Å². The Balaban J connectivity index is 1.50. The average molecular weight is 407 g/mol. The molecule has 2 aliphatic rings. The molecule has 1 aromatic carbocycles. The van der Waals surface area contributed by atoms with E-state index < -0.39 is 15.7 Å². The molecular formula is C19H22N2O4S2. The SMILES string of the molecule is Cc1ccc(C(=O)N2CCC3(CC2)OCCN3S(=O)(=O)c2cccs2)cc1. The first-order valence-electron chi connectivity index (χ1n) is 8.99. The smallest absolute Gasteiger partial charge is 0.255 e. The van der Waals surface area contributed by atoms with Gasteiger partial charge in [0.05, 0.1) is 6.61 Å². The van der Waals surface area contributed by atoms with Crippen LogP contribution in [0.15, 0.2) is 46.0 Å². The van der Waals surface area contributed by atoms with Crippen LogP contribution < -0.4 is 0 Å². The van der Waals surface area contributed by atoms with Gasteiger partial charge in [-0.3, -0.25) is 4.79 Å². The first kappa shape index (κ1) is 18.6. The van der Waals surface area contributed by atoms with Crippen molar-refractivity contribution < 1.29 is 17.9 Å². The van der Waals surface area contributed by atoms with E-state index in [9.17, 15) is 13.2 Å². The number of aryl methyl sites for hydroxylation is 1. The third kappa shape index (κ3) is 3.31. The summed E-state index contributed by atoms with van der Waals surface area (Å²) >= 11 is 1.22. The summed E-state index contributed by atoms with van der Waals surface area (Å²) in [5.74, 6) is -0.0180. The highest BCUT2D eigenvalue weighted by atomic mass is 32.2. The number of rotatable bonds is 3. The van der Waals surface area contributed by atoms with Crippen molar-refractivity contribution >= 4 is 27.3 Å². The molecule has 2 aromatic rings. The topological polar surface area (TPSA) is 66.9 Å². The van der Waals surface area contributed by atoms with Crippen molar-refractivity contribution in [1.29, 1.82) is 0 Å². The van der Waals surface area contributed by atoms with E-state index >= 15 is 0 Å². The third-order valence-electron chi connectivity index (χ3n) is 5.29. The Kier molecular flexibility index (Phi) is 4.84. The number of thiophene rings is 1. The van der Waals surface area contributed by atoms with Crippen molar-refractivity contribution in [3.05, 3.63) is 52.9 Å². The maximum Gasteiger partial charge on any atom is 0.255 e. The lowest BCUT2D eigenvalue weighted by atomic mass is 9.99. The van der Waals surface area contributed by atoms with Gasteiger partial charge in [-0.2, -0.15) is 4.31 Å². The van der Waals surface area contributed by atoms with Crippen LogP contribution in [0, 0.1) is 6.92 Å². The van der Waals surface area contributed by atoms with Crippen molar-refractivity contribution in [2.45, 2.75) is 29.7 Å². The Labute approximate surface area is 163 Å². The second-order valence-electron chi connectivity index (χ2n) is 6.96. The van der Waals surface area contributed by atoms with Crippen LogP contribution in [0.2, 0.25) is 0 Å². The standard InChI is InChI=1S/C19H22N2O4S2/c1-15-4-6-16(7-5-15)18(22)20-10-8-19(9-11-20)21(12-13-25-19)27(23,24)17-3-2-14-26-17/h2-7,14H,8-13H2,1H3. The minimum atomic E-state index is -3.57. The maximum absolute atomic E-state index is 13.0. The van der Waals surface area contributed by atoms with Crippen LogP contribution >= 0.6 is 11.3 Å². The number of carbonyl (C=O) groups is 1. The van der Waals surface area contributed by atoms with Crippen LogP contribution in [-0.2, 0) is 14.8 Å². The van der Waals surface area contributed by atoms with E-state index in [1.807, 2.05) is 31.2 Å². The number of amides is 1. The lowest BCUT2D eigenvalue weighted by Crippen LogP contribution is -2.55. The summed E-state index contributed by atoms with van der Waals surface area (Å²) in [4.78, 5) is 14.5. The predicted molar refractivity (Wildman–Crippen MR) is 103 cm³/mol. The predicted octanol–water partition coefficient (Wildman–Crippen LogP) is 2.71. The zero-order chi connectivity index (χ0) is 19.1. The van der Waals surface area contributed by atoms with Crippen LogP contribution in [-0.4, -0.2) is 55.5 Å². The third-order valence-corrected chi connectivity index (χ3v) is 8.61. The molecule has 0 radical (unpaired) electrons. The fourth-order valence-electron chi connectivity index (χ4n) is 3.78. The van der Waals surface area contributed by atoms with Gasteiger partial charge in [0.1, 0.15) is 9.93 Å². The highest BCUT2D eigenvalue weighted by Crippen LogP contribution is 2.39. The lowest BCUT2D eigenvalue weighted by molar-refractivity contribution is -0.0856. The van der Waals surface area contributed by atoms with E-state index in [0.29, 0.717) is 48.9 Å². The number of nitrogens with zero attached hydrogens (tertiary/aromatic N) is 2. The van der Waals surface area contributed by atoms with Gasteiger partial charge in [-0.25, -0.2) is 8.42 Å². The van der Waals surface area contributed by atoms with Gasteiger partial charge in [-0.15, -0.1) is 11.3 Å².